The molecule has 1 aliphatic heterocycles. The lowest BCUT2D eigenvalue weighted by atomic mass is 10.2. The second-order valence-corrected chi connectivity index (χ2v) is 5.49. The van der Waals surface area contributed by atoms with E-state index < -0.39 is 6.04 Å². The largest absolute Gasteiger partial charge is 0.438 e. The Morgan fingerprint density at radius 3 is 3.08 bits per heavy atom. The fourth-order valence-corrected chi connectivity index (χ4v) is 3.01. The molecule has 3 aromatic heterocycles. The summed E-state index contributed by atoms with van der Waals surface area (Å²) >= 11 is 0. The predicted octanol–water partition coefficient (Wildman–Crippen LogP) is 2.28. The maximum Gasteiger partial charge on any atom is 0.292 e. The van der Waals surface area contributed by atoms with Gasteiger partial charge in [-0.1, -0.05) is 12.1 Å². The van der Waals surface area contributed by atoms with E-state index in [0.717, 1.165) is 16.9 Å². The number of carbonyl (C=O) groups excluding carboxylic acids is 1. The molecule has 24 heavy (non-hydrogen) atoms. The van der Waals surface area contributed by atoms with E-state index in [9.17, 15) is 4.79 Å². The molecule has 8 heteroatoms. The number of para-hydroxylation sites is 2. The number of benzene rings is 1. The first-order valence-electron chi connectivity index (χ1n) is 7.38. The van der Waals surface area contributed by atoms with Gasteiger partial charge in [0, 0.05) is 0 Å². The van der Waals surface area contributed by atoms with Crippen LogP contribution in [-0.2, 0) is 6.54 Å². The summed E-state index contributed by atoms with van der Waals surface area (Å²) in [5.41, 5.74) is 3.00. The number of fused-ring (bicyclic) bond motifs is 2. The van der Waals surface area contributed by atoms with Crippen LogP contribution in [0, 0.1) is 0 Å². The van der Waals surface area contributed by atoms with E-state index in [1.165, 1.54) is 12.6 Å². The van der Waals surface area contributed by atoms with Crippen molar-refractivity contribution >= 4 is 17.0 Å². The van der Waals surface area contributed by atoms with Crippen molar-refractivity contribution in [3.05, 3.63) is 66.2 Å². The van der Waals surface area contributed by atoms with Crippen molar-refractivity contribution in [1.29, 1.82) is 0 Å². The Balaban J connectivity index is 1.63. The molecule has 0 bridgehead atoms. The van der Waals surface area contributed by atoms with Crippen LogP contribution in [0.1, 0.15) is 33.9 Å². The molecule has 0 radical (unpaired) electrons. The Morgan fingerprint density at radius 2 is 2.25 bits per heavy atom. The molecule has 1 aromatic carbocycles. The normalized spacial score (nSPS) is 16.7. The summed E-state index contributed by atoms with van der Waals surface area (Å²) in [6, 6.07) is 6.97. The minimum Gasteiger partial charge on any atom is -0.438 e. The van der Waals surface area contributed by atoms with Gasteiger partial charge in [0.25, 0.3) is 5.91 Å². The zero-order chi connectivity index (χ0) is 16.1. The maximum atomic E-state index is 12.8. The summed E-state index contributed by atoms with van der Waals surface area (Å²) in [7, 11) is 0. The lowest BCUT2D eigenvalue weighted by molar-refractivity contribution is 0.0664. The fourth-order valence-electron chi connectivity index (χ4n) is 3.01. The van der Waals surface area contributed by atoms with Crippen LogP contribution in [-0.4, -0.2) is 30.7 Å². The number of aromatic amines is 1. The van der Waals surface area contributed by atoms with E-state index in [0.29, 0.717) is 18.0 Å². The first-order chi connectivity index (χ1) is 11.8. The van der Waals surface area contributed by atoms with E-state index >= 15 is 0 Å². The predicted molar refractivity (Wildman–Crippen MR) is 80.8 cm³/mol. The van der Waals surface area contributed by atoms with Gasteiger partial charge in [0.15, 0.2) is 18.0 Å². The van der Waals surface area contributed by atoms with Crippen molar-refractivity contribution in [2.75, 3.05) is 0 Å². The highest BCUT2D eigenvalue weighted by Gasteiger charge is 2.41. The van der Waals surface area contributed by atoms with Gasteiger partial charge in [0.1, 0.15) is 5.52 Å². The van der Waals surface area contributed by atoms with Crippen LogP contribution in [0.15, 0.2) is 52.0 Å². The van der Waals surface area contributed by atoms with Crippen molar-refractivity contribution in [2.45, 2.75) is 12.6 Å². The van der Waals surface area contributed by atoms with Crippen LogP contribution in [0.3, 0.4) is 0 Å². The van der Waals surface area contributed by atoms with Crippen LogP contribution < -0.4 is 0 Å². The summed E-state index contributed by atoms with van der Waals surface area (Å²) in [4.78, 5) is 30.1. The van der Waals surface area contributed by atoms with E-state index in [1.54, 1.807) is 11.2 Å². The van der Waals surface area contributed by atoms with Crippen molar-refractivity contribution < 1.29 is 13.6 Å². The summed E-state index contributed by atoms with van der Waals surface area (Å²) < 4.78 is 11.0. The fraction of sp³-hybridized carbons (Fsp3) is 0.125. The van der Waals surface area contributed by atoms with Gasteiger partial charge in [-0.05, 0) is 12.1 Å². The standard InChI is InChI=1S/C16H11N5O3/c22-16(12-5-17-8-23-12)21-6-10-13(19-7-18-10)14(21)15-20-9-3-1-2-4-11(9)24-15/h1-5,7-8,14H,6H2,(H,18,19). The van der Waals surface area contributed by atoms with Crippen molar-refractivity contribution in [2.24, 2.45) is 0 Å². The van der Waals surface area contributed by atoms with Gasteiger partial charge in [-0.15, -0.1) is 0 Å². The minimum atomic E-state index is -0.503. The van der Waals surface area contributed by atoms with Crippen LogP contribution in [0.5, 0.6) is 0 Å². The highest BCUT2D eigenvalue weighted by molar-refractivity contribution is 5.92. The monoisotopic (exact) mass is 321 g/mol. The average molecular weight is 321 g/mol. The Morgan fingerprint density at radius 1 is 1.33 bits per heavy atom. The number of nitrogens with one attached hydrogen (secondary N) is 1. The molecule has 1 aliphatic rings. The molecular weight excluding hydrogens is 310 g/mol. The van der Waals surface area contributed by atoms with Crippen LogP contribution in [0.2, 0.25) is 0 Å². The Kier molecular flexibility index (Phi) is 2.60. The van der Waals surface area contributed by atoms with Crippen LogP contribution >= 0.6 is 0 Å². The molecule has 4 heterocycles. The molecule has 118 valence electrons. The van der Waals surface area contributed by atoms with Crippen LogP contribution in [0.4, 0.5) is 0 Å². The third kappa shape index (κ3) is 1.79. The van der Waals surface area contributed by atoms with E-state index in [-0.39, 0.29) is 11.7 Å². The molecule has 8 nitrogen and oxygen atoms in total. The molecule has 0 spiro atoms. The Labute approximate surface area is 135 Å². The molecule has 1 N–H and O–H groups in total. The number of amides is 1. The van der Waals surface area contributed by atoms with Gasteiger partial charge >= 0.3 is 0 Å². The molecule has 0 aliphatic carbocycles. The average Bonchev–Trinajstić information content (AvgIpc) is 3.34. The number of carbonyl (C=O) groups is 1. The first kappa shape index (κ1) is 13.1. The molecule has 1 atom stereocenters. The van der Waals surface area contributed by atoms with Crippen molar-refractivity contribution in [3.63, 3.8) is 0 Å². The second kappa shape index (κ2) is 4.79. The Hall–Kier alpha value is -3.42. The van der Waals surface area contributed by atoms with Gasteiger partial charge in [0.2, 0.25) is 11.7 Å². The topological polar surface area (TPSA) is 101 Å². The highest BCUT2D eigenvalue weighted by Crippen LogP contribution is 2.38. The molecule has 5 rings (SSSR count). The van der Waals surface area contributed by atoms with E-state index in [1.807, 2.05) is 24.3 Å². The number of hydrogen-bond acceptors (Lipinski definition) is 6. The van der Waals surface area contributed by atoms with Crippen LogP contribution in [0.25, 0.3) is 11.1 Å². The summed E-state index contributed by atoms with van der Waals surface area (Å²) in [6.45, 7) is 0.373. The van der Waals surface area contributed by atoms with Gasteiger partial charge in [0.05, 0.1) is 30.5 Å². The summed E-state index contributed by atoms with van der Waals surface area (Å²) in [5, 5.41) is 0. The number of nitrogens with zero attached hydrogens (tertiary/aromatic N) is 4. The molecular formula is C16H11N5O3. The summed E-state index contributed by atoms with van der Waals surface area (Å²) in [6.07, 6.45) is 4.23. The molecule has 0 fully saturated rings. The highest BCUT2D eigenvalue weighted by atomic mass is 16.4. The number of imidazole rings is 1. The number of rotatable bonds is 2. The van der Waals surface area contributed by atoms with Gasteiger partial charge in [-0.25, -0.2) is 15.0 Å². The zero-order valence-electron chi connectivity index (χ0n) is 12.3. The third-order valence-corrected chi connectivity index (χ3v) is 4.10. The third-order valence-electron chi connectivity index (χ3n) is 4.10. The number of aromatic nitrogens is 4. The Bertz CT molecular complexity index is 1000. The molecule has 1 unspecified atom stereocenters. The number of hydrogen-bond donors (Lipinski definition) is 1. The lowest BCUT2D eigenvalue weighted by Crippen LogP contribution is -2.30. The zero-order valence-corrected chi connectivity index (χ0v) is 12.3. The molecule has 4 aromatic rings. The lowest BCUT2D eigenvalue weighted by Gasteiger charge is -2.20. The quantitative estimate of drug-likeness (QED) is 0.608. The smallest absolute Gasteiger partial charge is 0.292 e. The number of oxazole rings is 2. The maximum absolute atomic E-state index is 12.8. The number of H-pyrrole nitrogens is 1. The second-order valence-electron chi connectivity index (χ2n) is 5.49. The minimum absolute atomic E-state index is 0.168. The van der Waals surface area contributed by atoms with Crippen molar-refractivity contribution in [1.82, 2.24) is 24.8 Å². The van der Waals surface area contributed by atoms with Gasteiger partial charge < -0.3 is 18.7 Å². The molecule has 1 amide bonds. The van der Waals surface area contributed by atoms with Gasteiger partial charge in [-0.2, -0.15) is 0 Å². The first-order valence-corrected chi connectivity index (χ1v) is 7.38. The molecule has 0 saturated carbocycles. The summed E-state index contributed by atoms with van der Waals surface area (Å²) in [5.74, 6) is 0.308. The SMILES string of the molecule is O=C(c1cnco1)N1Cc2[nH]cnc2C1c1nc2ccccc2o1. The van der Waals surface area contributed by atoms with E-state index in [4.69, 9.17) is 8.83 Å². The van der Waals surface area contributed by atoms with Crippen molar-refractivity contribution in [3.8, 4) is 0 Å². The molecule has 0 saturated heterocycles. The van der Waals surface area contributed by atoms with Gasteiger partial charge in [-0.3, -0.25) is 4.79 Å². The van der Waals surface area contributed by atoms with E-state index in [2.05, 4.69) is 19.9 Å².